The molecule has 2 aromatic carbocycles. The van der Waals surface area contributed by atoms with Crippen LogP contribution in [0.1, 0.15) is 11.1 Å². The van der Waals surface area contributed by atoms with Gasteiger partial charge in [0.15, 0.2) is 5.82 Å². The Bertz CT molecular complexity index is 1110. The molecule has 0 spiro atoms. The number of aryl methyl sites for hydroxylation is 2. The van der Waals surface area contributed by atoms with Crippen LogP contribution >= 0.6 is 11.6 Å². The van der Waals surface area contributed by atoms with Gasteiger partial charge >= 0.3 is 6.03 Å². The van der Waals surface area contributed by atoms with E-state index in [0.29, 0.717) is 29.9 Å². The second-order valence-corrected chi connectivity index (χ2v) is 7.60. The van der Waals surface area contributed by atoms with Crippen molar-refractivity contribution >= 4 is 46.5 Å². The molecule has 0 radical (unpaired) electrons. The highest BCUT2D eigenvalue weighted by molar-refractivity contribution is 6.32. The van der Waals surface area contributed by atoms with Gasteiger partial charge in [0.25, 0.3) is 0 Å². The molecule has 3 aromatic rings. The zero-order chi connectivity index (χ0) is 22.3. The first-order valence-electron chi connectivity index (χ1n) is 10.2. The third-order valence-electron chi connectivity index (χ3n) is 4.88. The predicted molar refractivity (Wildman–Crippen MR) is 126 cm³/mol. The molecule has 2 amide bonds. The smallest absolute Gasteiger partial charge is 0.319 e. The molecule has 2 heterocycles. The van der Waals surface area contributed by atoms with Crippen molar-refractivity contribution in [1.82, 2.24) is 20.8 Å². The van der Waals surface area contributed by atoms with E-state index in [4.69, 9.17) is 16.4 Å². The minimum atomic E-state index is -0.280. The number of fused-ring (bicyclic) bond motifs is 6. The molecule has 9 nitrogen and oxygen atoms in total. The van der Waals surface area contributed by atoms with Crippen LogP contribution < -0.4 is 26.7 Å². The predicted octanol–water partition coefficient (Wildman–Crippen LogP) is 3.99. The number of hydrogen-bond donors (Lipinski definition) is 5. The van der Waals surface area contributed by atoms with Crippen molar-refractivity contribution in [1.29, 1.82) is 0 Å². The van der Waals surface area contributed by atoms with Gasteiger partial charge in [-0.05, 0) is 54.3 Å². The maximum atomic E-state index is 12.3. The molecule has 1 aliphatic rings. The van der Waals surface area contributed by atoms with Crippen molar-refractivity contribution in [2.75, 3.05) is 36.1 Å². The topological polar surface area (TPSA) is 112 Å². The average molecular weight is 454 g/mol. The van der Waals surface area contributed by atoms with Crippen LogP contribution in [0.4, 0.5) is 33.6 Å². The quantitative estimate of drug-likeness (QED) is 0.293. The van der Waals surface area contributed by atoms with Gasteiger partial charge in [-0.3, -0.25) is 0 Å². The molecule has 5 N–H and O–H groups in total. The Morgan fingerprint density at radius 2 is 2.00 bits per heavy atom. The molecule has 1 aromatic heterocycles. The molecule has 6 bridgehead atoms. The molecular formula is C22H24ClN7O2. The molecule has 0 saturated carbocycles. The molecule has 0 unspecified atom stereocenters. The van der Waals surface area contributed by atoms with E-state index in [2.05, 4.69) is 48.8 Å². The fraction of sp³-hybridized carbons (Fsp3) is 0.227. The summed E-state index contributed by atoms with van der Waals surface area (Å²) in [4.78, 5) is 25.9. The van der Waals surface area contributed by atoms with E-state index in [1.165, 1.54) is 7.11 Å². The molecule has 4 rings (SSSR count). The molecule has 32 heavy (non-hydrogen) atoms. The lowest BCUT2D eigenvalue weighted by molar-refractivity contribution is 0.0931. The van der Waals surface area contributed by atoms with Crippen molar-refractivity contribution in [3.8, 4) is 0 Å². The van der Waals surface area contributed by atoms with Crippen LogP contribution in [-0.4, -0.2) is 36.2 Å². The highest BCUT2D eigenvalue weighted by atomic mass is 35.5. The number of rotatable bonds is 5. The van der Waals surface area contributed by atoms with Gasteiger partial charge in [-0.1, -0.05) is 23.7 Å². The van der Waals surface area contributed by atoms with Gasteiger partial charge in [-0.15, -0.1) is 0 Å². The van der Waals surface area contributed by atoms with Crippen molar-refractivity contribution in [2.45, 2.75) is 12.8 Å². The van der Waals surface area contributed by atoms with E-state index >= 15 is 0 Å². The number of nitrogens with one attached hydrogen (secondary N) is 5. The first-order valence-corrected chi connectivity index (χ1v) is 10.6. The van der Waals surface area contributed by atoms with E-state index < -0.39 is 0 Å². The summed E-state index contributed by atoms with van der Waals surface area (Å²) in [6, 6.07) is 13.5. The number of anilines is 5. The van der Waals surface area contributed by atoms with Gasteiger partial charge in [0.2, 0.25) is 5.95 Å². The van der Waals surface area contributed by atoms with Crippen molar-refractivity contribution in [3.05, 3.63) is 64.8 Å². The van der Waals surface area contributed by atoms with Gasteiger partial charge in [-0.2, -0.15) is 4.98 Å². The zero-order valence-electron chi connectivity index (χ0n) is 17.5. The Morgan fingerprint density at radius 1 is 1.12 bits per heavy atom. The van der Waals surface area contributed by atoms with E-state index in [1.54, 1.807) is 6.20 Å². The molecular weight excluding hydrogens is 430 g/mol. The summed E-state index contributed by atoms with van der Waals surface area (Å²) < 4.78 is 0. The minimum Gasteiger partial charge on any atom is -0.339 e. The Balaban J connectivity index is 1.62. The number of urea groups is 1. The number of carbonyl (C=O) groups excluding carboxylic acids is 1. The average Bonchev–Trinajstić information content (AvgIpc) is 2.79. The molecule has 0 aliphatic carbocycles. The SMILES string of the molecule is CONCCNC(=O)Nc1ccc2cc1CCc1cccc(c1)Nc1ncc(Cl)c(n1)N2. The number of aromatic nitrogens is 2. The van der Waals surface area contributed by atoms with Gasteiger partial charge in [0.1, 0.15) is 5.02 Å². The molecule has 0 atom stereocenters. The Kier molecular flexibility index (Phi) is 7.00. The number of hydrogen-bond acceptors (Lipinski definition) is 7. The number of halogens is 1. The molecule has 166 valence electrons. The van der Waals surface area contributed by atoms with Crippen LogP contribution in [0.5, 0.6) is 0 Å². The molecule has 10 heteroatoms. The fourth-order valence-electron chi connectivity index (χ4n) is 3.36. The summed E-state index contributed by atoms with van der Waals surface area (Å²) in [7, 11) is 1.53. The number of benzene rings is 2. The van der Waals surface area contributed by atoms with Crippen LogP contribution in [0, 0.1) is 0 Å². The highest BCUT2D eigenvalue weighted by Crippen LogP contribution is 2.29. The van der Waals surface area contributed by atoms with Crippen LogP contribution in [-0.2, 0) is 17.7 Å². The Labute approximate surface area is 190 Å². The normalized spacial score (nSPS) is 12.3. The van der Waals surface area contributed by atoms with Gasteiger partial charge in [-0.25, -0.2) is 15.3 Å². The summed E-state index contributed by atoms with van der Waals surface area (Å²) in [5.41, 5.74) is 7.28. The zero-order valence-corrected chi connectivity index (χ0v) is 18.3. The van der Waals surface area contributed by atoms with E-state index in [1.807, 2.05) is 30.3 Å². The second-order valence-electron chi connectivity index (χ2n) is 7.19. The summed E-state index contributed by atoms with van der Waals surface area (Å²) in [6.45, 7) is 0.939. The van der Waals surface area contributed by atoms with E-state index in [0.717, 1.165) is 41.0 Å². The highest BCUT2D eigenvalue weighted by Gasteiger charge is 2.12. The van der Waals surface area contributed by atoms with Crippen LogP contribution in [0.3, 0.4) is 0 Å². The largest absolute Gasteiger partial charge is 0.339 e. The lowest BCUT2D eigenvalue weighted by atomic mass is 10.0. The molecule has 0 saturated heterocycles. The monoisotopic (exact) mass is 453 g/mol. The van der Waals surface area contributed by atoms with E-state index in [9.17, 15) is 4.79 Å². The van der Waals surface area contributed by atoms with Crippen molar-refractivity contribution < 1.29 is 9.63 Å². The van der Waals surface area contributed by atoms with Crippen molar-refractivity contribution in [2.24, 2.45) is 0 Å². The third kappa shape index (κ3) is 5.64. The fourth-order valence-corrected chi connectivity index (χ4v) is 3.50. The summed E-state index contributed by atoms with van der Waals surface area (Å²) in [5.74, 6) is 0.945. The Morgan fingerprint density at radius 3 is 2.88 bits per heavy atom. The summed E-state index contributed by atoms with van der Waals surface area (Å²) in [6.07, 6.45) is 3.09. The lowest BCUT2D eigenvalue weighted by Gasteiger charge is -2.15. The first kappa shape index (κ1) is 21.8. The van der Waals surface area contributed by atoms with Crippen LogP contribution in [0.15, 0.2) is 48.7 Å². The van der Waals surface area contributed by atoms with Crippen LogP contribution in [0.2, 0.25) is 5.02 Å². The van der Waals surface area contributed by atoms with Gasteiger partial charge in [0.05, 0.1) is 13.3 Å². The third-order valence-corrected chi connectivity index (χ3v) is 5.16. The van der Waals surface area contributed by atoms with E-state index in [-0.39, 0.29) is 6.03 Å². The number of hydroxylamine groups is 1. The Hall–Kier alpha value is -3.40. The van der Waals surface area contributed by atoms with Crippen molar-refractivity contribution in [3.63, 3.8) is 0 Å². The maximum absolute atomic E-state index is 12.3. The maximum Gasteiger partial charge on any atom is 0.319 e. The summed E-state index contributed by atoms with van der Waals surface area (Å²) in [5, 5.41) is 12.6. The second kappa shape index (κ2) is 10.3. The number of amides is 2. The molecule has 1 aliphatic heterocycles. The molecule has 0 fully saturated rings. The minimum absolute atomic E-state index is 0.280. The number of nitrogens with zero attached hydrogens (tertiary/aromatic N) is 2. The lowest BCUT2D eigenvalue weighted by Crippen LogP contribution is -2.34. The van der Waals surface area contributed by atoms with Crippen LogP contribution in [0.25, 0.3) is 0 Å². The summed E-state index contributed by atoms with van der Waals surface area (Å²) >= 11 is 6.31. The number of carbonyl (C=O) groups is 1. The van der Waals surface area contributed by atoms with Gasteiger partial charge in [0, 0.05) is 30.2 Å². The standard InChI is InChI=1S/C22H24ClN7O2/c1-32-26-10-9-24-22(31)29-19-8-7-17-12-15(19)6-5-14-3-2-4-16(11-14)28-21-25-13-18(23)20(27-17)30-21/h2-4,7-8,11-13,26H,5-6,9-10H2,1H3,(H2,24,29,31)(H2,25,27,28,30). The van der Waals surface area contributed by atoms with Gasteiger partial charge < -0.3 is 26.1 Å². The first-order chi connectivity index (χ1) is 15.6.